The van der Waals surface area contributed by atoms with Crippen LogP contribution >= 0.6 is 15.9 Å². The lowest BCUT2D eigenvalue weighted by Crippen LogP contribution is -2.05. The van der Waals surface area contributed by atoms with Gasteiger partial charge in [-0.05, 0) is 12.1 Å². The molecule has 0 aliphatic carbocycles. The lowest BCUT2D eigenvalue weighted by Gasteiger charge is -2.09. The molecule has 2 rings (SSSR count). The second-order valence-electron chi connectivity index (χ2n) is 4.13. The summed E-state index contributed by atoms with van der Waals surface area (Å²) in [5.41, 5.74) is -0.157. The van der Waals surface area contributed by atoms with Gasteiger partial charge in [0.1, 0.15) is 5.82 Å². The van der Waals surface area contributed by atoms with Gasteiger partial charge in [-0.15, -0.1) is 0 Å². The number of hydrogen-bond donors (Lipinski definition) is 1. The monoisotopic (exact) mass is 360 g/mol. The molecule has 0 heterocycles. The summed E-state index contributed by atoms with van der Waals surface area (Å²) < 4.78 is 39.9. The number of anilines is 1. The van der Waals surface area contributed by atoms with E-state index in [0.717, 1.165) is 0 Å². The average Bonchev–Trinajstić information content (AvgIpc) is 2.41. The second kappa shape index (κ2) is 6.13. The quantitative estimate of drug-likeness (QED) is 0.499. The number of nitro benzene ring substituents is 1. The summed E-state index contributed by atoms with van der Waals surface area (Å²) in [5.74, 6) is -3.49. The molecule has 4 nitrogen and oxygen atoms in total. The van der Waals surface area contributed by atoms with Crippen molar-refractivity contribution in [1.82, 2.24) is 0 Å². The van der Waals surface area contributed by atoms with Gasteiger partial charge in [0.25, 0.3) is 5.69 Å². The van der Waals surface area contributed by atoms with Crippen LogP contribution in [0.4, 0.5) is 24.5 Å². The molecule has 0 aromatic heterocycles. The lowest BCUT2D eigenvalue weighted by atomic mass is 10.1. The van der Waals surface area contributed by atoms with E-state index in [4.69, 9.17) is 0 Å². The molecule has 8 heteroatoms. The largest absolute Gasteiger partial charge is 0.378 e. The highest BCUT2D eigenvalue weighted by Crippen LogP contribution is 2.25. The van der Waals surface area contributed by atoms with E-state index in [9.17, 15) is 23.3 Å². The zero-order valence-electron chi connectivity index (χ0n) is 10.4. The van der Waals surface area contributed by atoms with Crippen LogP contribution in [0.1, 0.15) is 5.56 Å². The molecule has 2 aromatic carbocycles. The van der Waals surface area contributed by atoms with Crippen LogP contribution in [0.15, 0.2) is 34.8 Å². The van der Waals surface area contributed by atoms with Gasteiger partial charge in [-0.1, -0.05) is 15.9 Å². The highest BCUT2D eigenvalue weighted by molar-refractivity contribution is 9.10. The van der Waals surface area contributed by atoms with Crippen LogP contribution in [-0.4, -0.2) is 4.92 Å². The van der Waals surface area contributed by atoms with E-state index in [1.807, 2.05) is 0 Å². The topological polar surface area (TPSA) is 55.2 Å². The van der Waals surface area contributed by atoms with Crippen molar-refractivity contribution in [2.75, 3.05) is 5.32 Å². The van der Waals surface area contributed by atoms with E-state index in [1.165, 1.54) is 18.2 Å². The van der Waals surface area contributed by atoms with Gasteiger partial charge < -0.3 is 5.32 Å². The van der Waals surface area contributed by atoms with Crippen LogP contribution in [0, 0.1) is 27.6 Å². The summed E-state index contributed by atoms with van der Waals surface area (Å²) in [6, 6.07) is 5.35. The molecule has 1 N–H and O–H groups in total. The Morgan fingerprint density at radius 3 is 2.43 bits per heavy atom. The molecule has 21 heavy (non-hydrogen) atoms. The molecule has 0 amide bonds. The highest BCUT2D eigenvalue weighted by Gasteiger charge is 2.15. The smallest absolute Gasteiger partial charge is 0.274 e. The molecule has 0 spiro atoms. The van der Waals surface area contributed by atoms with Gasteiger partial charge in [0.2, 0.25) is 0 Å². The number of halogens is 4. The molecular formula is C13H8BrF3N2O2. The Morgan fingerprint density at radius 2 is 1.76 bits per heavy atom. The lowest BCUT2D eigenvalue weighted by molar-refractivity contribution is -0.385. The maximum Gasteiger partial charge on any atom is 0.274 e. The van der Waals surface area contributed by atoms with Gasteiger partial charge in [0.05, 0.1) is 10.6 Å². The zero-order valence-corrected chi connectivity index (χ0v) is 12.0. The number of nitro groups is 1. The highest BCUT2D eigenvalue weighted by atomic mass is 79.9. The third kappa shape index (κ3) is 3.52. The van der Waals surface area contributed by atoms with Gasteiger partial charge in [0, 0.05) is 34.8 Å². The summed E-state index contributed by atoms with van der Waals surface area (Å²) in [5, 5.41) is 13.4. The van der Waals surface area contributed by atoms with Gasteiger partial charge in [-0.2, -0.15) is 0 Å². The molecule has 2 aromatic rings. The molecule has 0 saturated carbocycles. The molecule has 0 fully saturated rings. The van der Waals surface area contributed by atoms with Crippen molar-refractivity contribution in [3.05, 3.63) is 67.9 Å². The van der Waals surface area contributed by atoms with Crippen molar-refractivity contribution >= 4 is 27.3 Å². The average molecular weight is 361 g/mol. The molecule has 0 unspecified atom stereocenters. The standard InChI is InChI=1S/C13H8BrF3N2O2/c14-8-1-2-13(19(20)21)7(3-8)6-18-12-5-10(16)9(15)4-11(12)17/h1-5,18H,6H2. The molecule has 0 aliphatic heterocycles. The first-order valence-corrected chi connectivity index (χ1v) is 6.49. The number of nitrogens with zero attached hydrogens (tertiary/aromatic N) is 1. The maximum absolute atomic E-state index is 13.5. The van der Waals surface area contributed by atoms with Crippen LogP contribution in [0.3, 0.4) is 0 Å². The number of benzene rings is 2. The zero-order chi connectivity index (χ0) is 15.6. The van der Waals surface area contributed by atoms with E-state index in [2.05, 4.69) is 21.2 Å². The predicted octanol–water partition coefficient (Wildman–Crippen LogP) is 4.39. The summed E-state index contributed by atoms with van der Waals surface area (Å²) >= 11 is 3.17. The van der Waals surface area contributed by atoms with Crippen LogP contribution in [0.5, 0.6) is 0 Å². The second-order valence-corrected chi connectivity index (χ2v) is 5.05. The van der Waals surface area contributed by atoms with Gasteiger partial charge in [0.15, 0.2) is 11.6 Å². The predicted molar refractivity (Wildman–Crippen MR) is 74.4 cm³/mol. The Labute approximate surface area is 125 Å². The van der Waals surface area contributed by atoms with Gasteiger partial charge in [-0.3, -0.25) is 10.1 Å². The van der Waals surface area contributed by atoms with Crippen molar-refractivity contribution < 1.29 is 18.1 Å². The minimum atomic E-state index is -1.30. The van der Waals surface area contributed by atoms with Crippen LogP contribution in [0.25, 0.3) is 0 Å². The Bertz CT molecular complexity index is 710. The van der Waals surface area contributed by atoms with E-state index in [0.29, 0.717) is 16.6 Å². The number of hydrogen-bond acceptors (Lipinski definition) is 3. The molecule has 0 radical (unpaired) electrons. The molecule has 0 atom stereocenters. The van der Waals surface area contributed by atoms with E-state index < -0.39 is 22.4 Å². The number of nitrogens with one attached hydrogen (secondary N) is 1. The Morgan fingerprint density at radius 1 is 1.10 bits per heavy atom. The van der Waals surface area contributed by atoms with Crippen LogP contribution < -0.4 is 5.32 Å². The first-order valence-electron chi connectivity index (χ1n) is 5.69. The minimum Gasteiger partial charge on any atom is -0.378 e. The first kappa shape index (κ1) is 15.3. The summed E-state index contributed by atoms with van der Waals surface area (Å²) in [4.78, 5) is 10.3. The van der Waals surface area contributed by atoms with E-state index in [-0.39, 0.29) is 23.5 Å². The van der Waals surface area contributed by atoms with Crippen LogP contribution in [-0.2, 0) is 6.54 Å². The molecule has 0 aliphatic rings. The molecule has 0 bridgehead atoms. The molecule has 110 valence electrons. The van der Waals surface area contributed by atoms with E-state index in [1.54, 1.807) is 0 Å². The Balaban J connectivity index is 2.26. The van der Waals surface area contributed by atoms with Crippen LogP contribution in [0.2, 0.25) is 0 Å². The third-order valence-corrected chi connectivity index (χ3v) is 3.21. The van der Waals surface area contributed by atoms with E-state index >= 15 is 0 Å². The van der Waals surface area contributed by atoms with Crippen molar-refractivity contribution in [2.24, 2.45) is 0 Å². The fourth-order valence-electron chi connectivity index (χ4n) is 1.72. The van der Waals surface area contributed by atoms with Crippen molar-refractivity contribution in [3.63, 3.8) is 0 Å². The molecular weight excluding hydrogens is 353 g/mol. The number of rotatable bonds is 4. The summed E-state index contributed by atoms with van der Waals surface area (Å²) in [6.45, 7) is -0.113. The first-order chi connectivity index (χ1) is 9.88. The SMILES string of the molecule is O=[N+]([O-])c1ccc(Br)cc1CNc1cc(F)c(F)cc1F. The minimum absolute atomic E-state index is 0.113. The maximum atomic E-state index is 13.5. The van der Waals surface area contributed by atoms with Crippen molar-refractivity contribution in [3.8, 4) is 0 Å². The third-order valence-electron chi connectivity index (χ3n) is 2.72. The Hall–Kier alpha value is -2.09. The van der Waals surface area contributed by atoms with Gasteiger partial charge >= 0.3 is 0 Å². The van der Waals surface area contributed by atoms with Crippen molar-refractivity contribution in [1.29, 1.82) is 0 Å². The fourth-order valence-corrected chi connectivity index (χ4v) is 2.13. The Kier molecular flexibility index (Phi) is 4.46. The molecule has 0 saturated heterocycles. The summed E-state index contributed by atoms with van der Waals surface area (Å²) in [6.07, 6.45) is 0. The normalized spacial score (nSPS) is 10.5. The van der Waals surface area contributed by atoms with Gasteiger partial charge in [-0.25, -0.2) is 13.2 Å². The fraction of sp³-hybridized carbons (Fsp3) is 0.0769. The summed E-state index contributed by atoms with van der Waals surface area (Å²) in [7, 11) is 0. The van der Waals surface area contributed by atoms with Crippen molar-refractivity contribution in [2.45, 2.75) is 6.54 Å².